The first kappa shape index (κ1) is 16.8. The Morgan fingerprint density at radius 2 is 2.07 bits per heavy atom. The number of aromatic nitrogens is 2. The summed E-state index contributed by atoms with van der Waals surface area (Å²) in [6.45, 7) is 2.32. The summed E-state index contributed by atoms with van der Waals surface area (Å²) in [5.41, 5.74) is 4.29. The molecule has 2 aliphatic heterocycles. The highest BCUT2D eigenvalue weighted by molar-refractivity contribution is 6.03. The van der Waals surface area contributed by atoms with Crippen molar-refractivity contribution in [3.05, 3.63) is 58.8 Å². The number of piperazine rings is 1. The Bertz CT molecular complexity index is 1120. The molecule has 142 valence electrons. The lowest BCUT2D eigenvalue weighted by atomic mass is 9.85. The van der Waals surface area contributed by atoms with E-state index in [-0.39, 0.29) is 17.9 Å². The van der Waals surface area contributed by atoms with E-state index in [0.29, 0.717) is 29.8 Å². The third-order valence-corrected chi connectivity index (χ3v) is 5.79. The summed E-state index contributed by atoms with van der Waals surface area (Å²) in [5.74, 6) is 0.268. The highest BCUT2D eigenvalue weighted by atomic mass is 16.5. The molecule has 2 aromatic carbocycles. The van der Waals surface area contributed by atoms with Crippen LogP contribution in [0.3, 0.4) is 0 Å². The highest BCUT2D eigenvalue weighted by Gasteiger charge is 2.44. The number of fused-ring (bicyclic) bond motifs is 5. The maximum Gasteiger partial charge on any atom is 0.255 e. The third-order valence-electron chi connectivity index (χ3n) is 5.79. The Morgan fingerprint density at radius 1 is 1.25 bits per heavy atom. The fraction of sp³-hybridized carbons (Fsp3) is 0.286. The van der Waals surface area contributed by atoms with E-state index >= 15 is 0 Å². The number of carbonyl (C=O) groups excluding carboxylic acids is 2. The topological polar surface area (TPSA) is 87.3 Å². The maximum absolute atomic E-state index is 13.6. The van der Waals surface area contributed by atoms with E-state index in [1.165, 1.54) is 0 Å². The van der Waals surface area contributed by atoms with Crippen LogP contribution in [0, 0.1) is 6.92 Å². The van der Waals surface area contributed by atoms with Crippen molar-refractivity contribution in [1.29, 1.82) is 0 Å². The summed E-state index contributed by atoms with van der Waals surface area (Å²) >= 11 is 0. The number of nitrogens with one attached hydrogen (secondary N) is 2. The average Bonchev–Trinajstić information content (AvgIpc) is 3.10. The van der Waals surface area contributed by atoms with Gasteiger partial charge in [0.05, 0.1) is 13.2 Å². The maximum atomic E-state index is 13.6. The van der Waals surface area contributed by atoms with E-state index in [1.54, 1.807) is 18.1 Å². The number of benzene rings is 2. The smallest absolute Gasteiger partial charge is 0.255 e. The molecule has 0 radical (unpaired) electrons. The summed E-state index contributed by atoms with van der Waals surface area (Å²) in [5, 5.41) is 11.0. The molecule has 0 aliphatic carbocycles. The number of hydrogen-bond donors (Lipinski definition) is 2. The van der Waals surface area contributed by atoms with Crippen LogP contribution in [0.1, 0.15) is 33.2 Å². The van der Waals surface area contributed by atoms with E-state index in [9.17, 15) is 9.59 Å². The summed E-state index contributed by atoms with van der Waals surface area (Å²) in [7, 11) is 1.56. The van der Waals surface area contributed by atoms with Gasteiger partial charge in [0, 0.05) is 29.6 Å². The van der Waals surface area contributed by atoms with Crippen LogP contribution in [0.5, 0.6) is 5.75 Å². The number of rotatable bonds is 2. The molecule has 2 N–H and O–H groups in total. The fourth-order valence-corrected chi connectivity index (χ4v) is 4.38. The largest absolute Gasteiger partial charge is 0.494 e. The molecule has 7 nitrogen and oxygen atoms in total. The predicted molar refractivity (Wildman–Crippen MR) is 103 cm³/mol. The molecule has 1 saturated heterocycles. The summed E-state index contributed by atoms with van der Waals surface area (Å²) in [6.07, 6.45) is 0.522. The van der Waals surface area contributed by atoms with Gasteiger partial charge < -0.3 is 15.0 Å². The van der Waals surface area contributed by atoms with Crippen molar-refractivity contribution in [2.24, 2.45) is 0 Å². The number of aryl methyl sites for hydroxylation is 1. The quantitative estimate of drug-likeness (QED) is 0.717. The molecule has 2 amide bonds. The van der Waals surface area contributed by atoms with E-state index in [0.717, 1.165) is 22.2 Å². The van der Waals surface area contributed by atoms with Crippen LogP contribution in [0.4, 0.5) is 0 Å². The van der Waals surface area contributed by atoms with Crippen molar-refractivity contribution < 1.29 is 14.3 Å². The first-order chi connectivity index (χ1) is 13.6. The van der Waals surface area contributed by atoms with Gasteiger partial charge >= 0.3 is 0 Å². The normalized spacial score (nSPS) is 20.6. The molecular formula is C21H20N4O3. The van der Waals surface area contributed by atoms with Gasteiger partial charge in [0.25, 0.3) is 5.91 Å². The predicted octanol–water partition coefficient (Wildman–Crippen LogP) is 2.12. The van der Waals surface area contributed by atoms with Crippen molar-refractivity contribution in [1.82, 2.24) is 20.4 Å². The van der Waals surface area contributed by atoms with E-state index in [4.69, 9.17) is 4.74 Å². The lowest BCUT2D eigenvalue weighted by molar-refractivity contribution is -0.130. The van der Waals surface area contributed by atoms with Gasteiger partial charge in [-0.2, -0.15) is 5.10 Å². The Hall–Kier alpha value is -3.35. The molecule has 3 aromatic rings. The van der Waals surface area contributed by atoms with Crippen LogP contribution in [-0.4, -0.2) is 46.6 Å². The first-order valence-electron chi connectivity index (χ1n) is 9.29. The SMILES string of the molecule is COc1cc(C(=O)N2[C@H]3Cc4ccccc4[C@@H]2CNC3=O)cc2c(C)[nH]nc12. The number of aromatic amines is 1. The van der Waals surface area contributed by atoms with Gasteiger partial charge in [0.1, 0.15) is 17.3 Å². The number of carbonyl (C=O) groups is 2. The van der Waals surface area contributed by atoms with Gasteiger partial charge in [-0.15, -0.1) is 0 Å². The molecule has 7 heteroatoms. The first-order valence-corrected chi connectivity index (χ1v) is 9.29. The second kappa shape index (κ2) is 6.09. The molecule has 3 heterocycles. The zero-order chi connectivity index (χ0) is 19.4. The van der Waals surface area contributed by atoms with Gasteiger partial charge in [-0.25, -0.2) is 0 Å². The number of amides is 2. The van der Waals surface area contributed by atoms with Crippen molar-refractivity contribution in [3.63, 3.8) is 0 Å². The van der Waals surface area contributed by atoms with Crippen LogP contribution in [0.25, 0.3) is 10.9 Å². The Labute approximate surface area is 161 Å². The summed E-state index contributed by atoms with van der Waals surface area (Å²) in [6, 6.07) is 10.9. The standard InChI is InChI=1S/C21H20N4O3/c1-11-15-7-13(9-18(28-2)19(15)24-23-11)21(27)25-16-8-12-5-3-4-6-14(12)17(25)10-22-20(16)26/h3-7,9,16-17H,8,10H2,1-2H3,(H,22,26)(H,23,24)/t16-,17-/m0/s1. The van der Waals surface area contributed by atoms with Crippen LogP contribution >= 0.6 is 0 Å². The van der Waals surface area contributed by atoms with E-state index < -0.39 is 6.04 Å². The zero-order valence-corrected chi connectivity index (χ0v) is 15.7. The number of methoxy groups -OCH3 is 1. The zero-order valence-electron chi connectivity index (χ0n) is 15.7. The number of hydrogen-bond acceptors (Lipinski definition) is 4. The fourth-order valence-electron chi connectivity index (χ4n) is 4.38. The molecule has 1 aromatic heterocycles. The van der Waals surface area contributed by atoms with Gasteiger partial charge in [-0.3, -0.25) is 14.7 Å². The molecule has 0 spiro atoms. The minimum Gasteiger partial charge on any atom is -0.494 e. The van der Waals surface area contributed by atoms with Crippen molar-refractivity contribution in [2.45, 2.75) is 25.4 Å². The van der Waals surface area contributed by atoms with Crippen LogP contribution in [0.2, 0.25) is 0 Å². The molecule has 2 bridgehead atoms. The molecule has 0 saturated carbocycles. The molecule has 28 heavy (non-hydrogen) atoms. The molecule has 0 unspecified atom stereocenters. The molecule has 2 atom stereocenters. The Kier molecular flexibility index (Phi) is 3.65. The van der Waals surface area contributed by atoms with Crippen molar-refractivity contribution in [2.75, 3.05) is 13.7 Å². The van der Waals surface area contributed by atoms with Crippen LogP contribution in [-0.2, 0) is 11.2 Å². The molecule has 1 fully saturated rings. The lowest BCUT2D eigenvalue weighted by Crippen LogP contribution is -2.61. The van der Waals surface area contributed by atoms with E-state index in [1.807, 2.05) is 37.3 Å². The van der Waals surface area contributed by atoms with E-state index in [2.05, 4.69) is 15.5 Å². The highest BCUT2D eigenvalue weighted by Crippen LogP contribution is 2.37. The number of ether oxygens (including phenoxy) is 1. The lowest BCUT2D eigenvalue weighted by Gasteiger charge is -2.46. The molecule has 2 aliphatic rings. The monoisotopic (exact) mass is 376 g/mol. The Morgan fingerprint density at radius 3 is 2.89 bits per heavy atom. The minimum absolute atomic E-state index is 0.105. The van der Waals surface area contributed by atoms with Gasteiger partial charge in [-0.05, 0) is 30.2 Å². The van der Waals surface area contributed by atoms with Crippen molar-refractivity contribution in [3.8, 4) is 5.75 Å². The van der Waals surface area contributed by atoms with Crippen molar-refractivity contribution >= 4 is 22.7 Å². The van der Waals surface area contributed by atoms with Gasteiger partial charge in [0.15, 0.2) is 0 Å². The minimum atomic E-state index is -0.506. The van der Waals surface area contributed by atoms with Gasteiger partial charge in [-0.1, -0.05) is 24.3 Å². The Balaban J connectivity index is 1.63. The number of nitrogens with zero attached hydrogens (tertiary/aromatic N) is 2. The molecule has 5 rings (SSSR count). The average molecular weight is 376 g/mol. The summed E-state index contributed by atoms with van der Waals surface area (Å²) < 4.78 is 5.46. The number of H-pyrrole nitrogens is 1. The third kappa shape index (κ3) is 2.32. The van der Waals surface area contributed by atoms with Crippen LogP contribution < -0.4 is 10.1 Å². The summed E-state index contributed by atoms with van der Waals surface area (Å²) in [4.78, 5) is 27.9. The van der Waals surface area contributed by atoms with Crippen LogP contribution in [0.15, 0.2) is 36.4 Å². The second-order valence-corrected chi connectivity index (χ2v) is 7.32. The second-order valence-electron chi connectivity index (χ2n) is 7.32. The van der Waals surface area contributed by atoms with Gasteiger partial charge in [0.2, 0.25) is 5.91 Å². The molecular weight excluding hydrogens is 356 g/mol.